The van der Waals surface area contributed by atoms with Crippen molar-refractivity contribution >= 4 is 6.03 Å². The Morgan fingerprint density at radius 1 is 1.69 bits per heavy atom. The summed E-state index contributed by atoms with van der Waals surface area (Å²) in [5.41, 5.74) is -0.408. The zero-order chi connectivity index (χ0) is 9.68. The first-order valence-corrected chi connectivity index (χ1v) is 4.30. The standard InChI is InChI=1S/C8H13N3O2/c1-2-3-4-9-7(12)11-6-5-10-8(11)13/h5-6H,2-4H2,1H3,(H,9,12)(H,10,13). The van der Waals surface area contributed by atoms with Crippen LogP contribution in [-0.4, -0.2) is 22.1 Å². The molecule has 0 aliphatic heterocycles. The lowest BCUT2D eigenvalue weighted by Crippen LogP contribution is -2.34. The maximum Gasteiger partial charge on any atom is 0.333 e. The first-order chi connectivity index (χ1) is 6.25. The molecule has 1 aromatic heterocycles. The van der Waals surface area contributed by atoms with Gasteiger partial charge in [-0.1, -0.05) is 13.3 Å². The summed E-state index contributed by atoms with van der Waals surface area (Å²) in [7, 11) is 0. The van der Waals surface area contributed by atoms with Crippen LogP contribution in [0.25, 0.3) is 0 Å². The average molecular weight is 183 g/mol. The van der Waals surface area contributed by atoms with E-state index in [1.807, 2.05) is 6.92 Å². The summed E-state index contributed by atoms with van der Waals surface area (Å²) in [6.07, 6.45) is 4.78. The van der Waals surface area contributed by atoms with Crippen molar-refractivity contribution < 1.29 is 4.79 Å². The fraction of sp³-hybridized carbons (Fsp3) is 0.500. The van der Waals surface area contributed by atoms with E-state index in [9.17, 15) is 9.59 Å². The summed E-state index contributed by atoms with van der Waals surface area (Å²) in [5, 5.41) is 2.63. The van der Waals surface area contributed by atoms with E-state index in [2.05, 4.69) is 10.3 Å². The van der Waals surface area contributed by atoms with Crippen molar-refractivity contribution in [3.63, 3.8) is 0 Å². The van der Waals surface area contributed by atoms with Gasteiger partial charge in [-0.25, -0.2) is 14.2 Å². The van der Waals surface area contributed by atoms with Crippen LogP contribution in [0.15, 0.2) is 17.2 Å². The van der Waals surface area contributed by atoms with E-state index >= 15 is 0 Å². The molecule has 0 saturated carbocycles. The number of carbonyl (C=O) groups is 1. The van der Waals surface area contributed by atoms with E-state index in [-0.39, 0.29) is 6.03 Å². The summed E-state index contributed by atoms with van der Waals surface area (Å²) in [6, 6.07) is -0.375. The van der Waals surface area contributed by atoms with Crippen LogP contribution in [-0.2, 0) is 0 Å². The Morgan fingerprint density at radius 2 is 2.46 bits per heavy atom. The second kappa shape index (κ2) is 4.49. The monoisotopic (exact) mass is 183 g/mol. The van der Waals surface area contributed by atoms with Crippen LogP contribution in [0.2, 0.25) is 0 Å². The van der Waals surface area contributed by atoms with Crippen molar-refractivity contribution in [2.24, 2.45) is 0 Å². The smallest absolute Gasteiger partial charge is 0.333 e. The molecule has 0 aliphatic carbocycles. The number of aromatic nitrogens is 2. The molecule has 0 aliphatic rings. The predicted molar refractivity (Wildman–Crippen MR) is 48.8 cm³/mol. The average Bonchev–Trinajstić information content (AvgIpc) is 2.52. The zero-order valence-electron chi connectivity index (χ0n) is 7.54. The Bertz CT molecular complexity index is 326. The first kappa shape index (κ1) is 9.57. The van der Waals surface area contributed by atoms with Crippen molar-refractivity contribution in [1.82, 2.24) is 14.9 Å². The van der Waals surface area contributed by atoms with Crippen LogP contribution in [0.5, 0.6) is 0 Å². The molecule has 5 heteroatoms. The molecule has 0 spiro atoms. The predicted octanol–water partition coefficient (Wildman–Crippen LogP) is 0.534. The molecule has 0 atom stereocenters. The van der Waals surface area contributed by atoms with E-state index in [0.29, 0.717) is 6.54 Å². The Kier molecular flexibility index (Phi) is 3.31. The van der Waals surface area contributed by atoms with Gasteiger partial charge in [-0.15, -0.1) is 0 Å². The molecule has 5 nitrogen and oxygen atoms in total. The van der Waals surface area contributed by atoms with Gasteiger partial charge in [-0.3, -0.25) is 0 Å². The van der Waals surface area contributed by atoms with Crippen molar-refractivity contribution in [3.8, 4) is 0 Å². The van der Waals surface area contributed by atoms with Gasteiger partial charge in [-0.05, 0) is 6.42 Å². The van der Waals surface area contributed by atoms with Gasteiger partial charge in [0.15, 0.2) is 0 Å². The molecule has 13 heavy (non-hydrogen) atoms. The normalized spacial score (nSPS) is 9.92. The van der Waals surface area contributed by atoms with Crippen LogP contribution in [0.3, 0.4) is 0 Å². The van der Waals surface area contributed by atoms with E-state index in [4.69, 9.17) is 0 Å². The third kappa shape index (κ3) is 2.47. The Balaban J connectivity index is 2.50. The van der Waals surface area contributed by atoms with E-state index in [0.717, 1.165) is 17.4 Å². The first-order valence-electron chi connectivity index (χ1n) is 4.30. The quantitative estimate of drug-likeness (QED) is 0.671. The molecule has 0 aromatic carbocycles. The van der Waals surface area contributed by atoms with Crippen molar-refractivity contribution in [1.29, 1.82) is 0 Å². The van der Waals surface area contributed by atoms with Crippen LogP contribution < -0.4 is 11.0 Å². The summed E-state index contributed by atoms with van der Waals surface area (Å²) in [6.45, 7) is 2.64. The lowest BCUT2D eigenvalue weighted by molar-refractivity contribution is 0.241. The van der Waals surface area contributed by atoms with Crippen molar-refractivity contribution in [2.45, 2.75) is 19.8 Å². The largest absolute Gasteiger partial charge is 0.337 e. The number of hydrogen-bond donors (Lipinski definition) is 2. The second-order valence-corrected chi connectivity index (χ2v) is 2.72. The highest BCUT2D eigenvalue weighted by molar-refractivity contribution is 5.76. The molecule has 1 heterocycles. The number of unbranched alkanes of at least 4 members (excludes halogenated alkanes) is 1. The van der Waals surface area contributed by atoms with Gasteiger partial charge in [0, 0.05) is 18.9 Å². The lowest BCUT2D eigenvalue weighted by Gasteiger charge is -2.02. The molecule has 72 valence electrons. The minimum Gasteiger partial charge on any atom is -0.337 e. The molecule has 1 aromatic rings. The Labute approximate surface area is 75.8 Å². The van der Waals surface area contributed by atoms with Crippen LogP contribution >= 0.6 is 0 Å². The van der Waals surface area contributed by atoms with Gasteiger partial charge in [0.2, 0.25) is 0 Å². The number of hydrogen-bond acceptors (Lipinski definition) is 2. The SMILES string of the molecule is CCCCNC(=O)n1cc[nH]c1=O. The number of rotatable bonds is 3. The minimum atomic E-state index is -0.408. The molecule has 0 radical (unpaired) electrons. The van der Waals surface area contributed by atoms with Gasteiger partial charge < -0.3 is 10.3 Å². The zero-order valence-corrected chi connectivity index (χ0v) is 7.54. The summed E-state index contributed by atoms with van der Waals surface area (Å²) in [5.74, 6) is 0. The summed E-state index contributed by atoms with van der Waals surface area (Å²) >= 11 is 0. The molecule has 0 unspecified atom stereocenters. The molecule has 0 fully saturated rings. The number of nitrogens with one attached hydrogen (secondary N) is 2. The van der Waals surface area contributed by atoms with Gasteiger partial charge in [0.05, 0.1) is 0 Å². The van der Waals surface area contributed by atoms with Crippen molar-refractivity contribution in [3.05, 3.63) is 22.9 Å². The highest BCUT2D eigenvalue weighted by atomic mass is 16.2. The highest BCUT2D eigenvalue weighted by Gasteiger charge is 2.04. The minimum absolute atomic E-state index is 0.375. The topological polar surface area (TPSA) is 66.9 Å². The Hall–Kier alpha value is -1.52. The number of H-pyrrole nitrogens is 1. The van der Waals surface area contributed by atoms with Gasteiger partial charge in [-0.2, -0.15) is 0 Å². The van der Waals surface area contributed by atoms with Gasteiger partial charge in [0.25, 0.3) is 0 Å². The van der Waals surface area contributed by atoms with Crippen molar-refractivity contribution in [2.75, 3.05) is 6.54 Å². The fourth-order valence-corrected chi connectivity index (χ4v) is 0.938. The number of amides is 1. The summed E-state index contributed by atoms with van der Waals surface area (Å²) < 4.78 is 1.01. The van der Waals surface area contributed by atoms with E-state index < -0.39 is 5.69 Å². The van der Waals surface area contributed by atoms with E-state index in [1.165, 1.54) is 12.4 Å². The number of nitrogens with zero attached hydrogens (tertiary/aromatic N) is 1. The maximum atomic E-state index is 11.2. The number of carbonyl (C=O) groups excluding carboxylic acids is 1. The third-order valence-corrected chi connectivity index (χ3v) is 1.67. The third-order valence-electron chi connectivity index (χ3n) is 1.67. The maximum absolute atomic E-state index is 11.2. The number of imidazole rings is 1. The van der Waals surface area contributed by atoms with E-state index in [1.54, 1.807) is 0 Å². The molecular formula is C8H13N3O2. The molecule has 1 rings (SSSR count). The van der Waals surface area contributed by atoms with Crippen LogP contribution in [0.4, 0.5) is 4.79 Å². The lowest BCUT2D eigenvalue weighted by atomic mass is 10.3. The van der Waals surface area contributed by atoms with Crippen LogP contribution in [0, 0.1) is 0 Å². The Morgan fingerprint density at radius 3 is 3.00 bits per heavy atom. The molecule has 0 bridgehead atoms. The molecular weight excluding hydrogens is 170 g/mol. The summed E-state index contributed by atoms with van der Waals surface area (Å²) in [4.78, 5) is 24.6. The highest BCUT2D eigenvalue weighted by Crippen LogP contribution is 1.84. The molecule has 1 amide bonds. The fourth-order valence-electron chi connectivity index (χ4n) is 0.938. The molecule has 0 saturated heterocycles. The van der Waals surface area contributed by atoms with Gasteiger partial charge >= 0.3 is 11.7 Å². The second-order valence-electron chi connectivity index (χ2n) is 2.72. The van der Waals surface area contributed by atoms with Crippen LogP contribution in [0.1, 0.15) is 19.8 Å². The van der Waals surface area contributed by atoms with Gasteiger partial charge in [0.1, 0.15) is 0 Å². The number of aromatic amines is 1. The molecule has 2 N–H and O–H groups in total.